The van der Waals surface area contributed by atoms with Crippen LogP contribution in [-0.2, 0) is 0 Å². The van der Waals surface area contributed by atoms with Gasteiger partial charge in [0.25, 0.3) is 0 Å². The molecule has 1 rings (SSSR count). The minimum absolute atomic E-state index is 0.0755. The Morgan fingerprint density at radius 2 is 1.71 bits per heavy atom. The van der Waals surface area contributed by atoms with Crippen LogP contribution >= 0.6 is 11.8 Å². The molecular formula is C13H21NO2S. The van der Waals surface area contributed by atoms with Gasteiger partial charge in [-0.05, 0) is 17.4 Å². The molecule has 0 amide bonds. The summed E-state index contributed by atoms with van der Waals surface area (Å²) in [4.78, 5) is 0. The Morgan fingerprint density at radius 1 is 1.18 bits per heavy atom. The molecular weight excluding hydrogens is 234 g/mol. The first-order valence-electron chi connectivity index (χ1n) is 5.68. The quantitative estimate of drug-likeness (QED) is 0.849. The summed E-state index contributed by atoms with van der Waals surface area (Å²) in [6, 6.07) is 5.66. The fraction of sp³-hybridized carbons (Fsp3) is 0.538. The maximum atomic E-state index is 6.22. The maximum Gasteiger partial charge on any atom is 0.127 e. The molecule has 0 bridgehead atoms. The second-order valence-electron chi connectivity index (χ2n) is 4.06. The highest BCUT2D eigenvalue weighted by molar-refractivity contribution is 7.99. The van der Waals surface area contributed by atoms with E-state index in [1.807, 2.05) is 30.0 Å². The number of hydrogen-bond donors (Lipinski definition) is 1. The summed E-state index contributed by atoms with van der Waals surface area (Å²) >= 11 is 1.84. The Balaban J connectivity index is 2.92. The van der Waals surface area contributed by atoms with E-state index in [2.05, 4.69) is 13.8 Å². The molecule has 4 heteroatoms. The van der Waals surface area contributed by atoms with Gasteiger partial charge in [-0.1, -0.05) is 19.9 Å². The molecule has 0 aliphatic carbocycles. The Morgan fingerprint density at radius 3 is 2.12 bits per heavy atom. The van der Waals surface area contributed by atoms with Crippen LogP contribution in [0.5, 0.6) is 11.5 Å². The van der Waals surface area contributed by atoms with Crippen molar-refractivity contribution in [1.29, 1.82) is 0 Å². The zero-order chi connectivity index (χ0) is 12.8. The van der Waals surface area contributed by atoms with Gasteiger partial charge in [-0.2, -0.15) is 11.8 Å². The molecule has 17 heavy (non-hydrogen) atoms. The molecule has 0 aliphatic heterocycles. The van der Waals surface area contributed by atoms with Crippen LogP contribution in [0.3, 0.4) is 0 Å². The largest absolute Gasteiger partial charge is 0.496 e. The monoisotopic (exact) mass is 255 g/mol. The summed E-state index contributed by atoms with van der Waals surface area (Å²) in [5.41, 5.74) is 7.16. The zero-order valence-electron chi connectivity index (χ0n) is 10.9. The van der Waals surface area contributed by atoms with Crippen molar-refractivity contribution in [1.82, 2.24) is 0 Å². The fourth-order valence-electron chi connectivity index (χ4n) is 1.62. The minimum Gasteiger partial charge on any atom is -0.496 e. The normalized spacial score (nSPS) is 12.6. The number of nitrogens with two attached hydrogens (primary N) is 1. The molecule has 0 spiro atoms. The van der Waals surface area contributed by atoms with Gasteiger partial charge >= 0.3 is 0 Å². The molecule has 0 aliphatic rings. The highest BCUT2D eigenvalue weighted by Crippen LogP contribution is 2.34. The van der Waals surface area contributed by atoms with Gasteiger partial charge in [-0.3, -0.25) is 0 Å². The molecule has 1 aromatic carbocycles. The lowest BCUT2D eigenvalue weighted by atomic mass is 10.1. The zero-order valence-corrected chi connectivity index (χ0v) is 11.7. The standard InChI is InChI=1S/C13H21NO2S/c1-9(2)17-8-10(14)13-11(15-3)6-5-7-12(13)16-4/h5-7,9-10H,8,14H2,1-4H3. The summed E-state index contributed by atoms with van der Waals surface area (Å²) < 4.78 is 10.7. The minimum atomic E-state index is -0.0755. The van der Waals surface area contributed by atoms with E-state index >= 15 is 0 Å². The first-order valence-corrected chi connectivity index (χ1v) is 6.73. The summed E-state index contributed by atoms with van der Waals surface area (Å²) in [5.74, 6) is 2.44. The SMILES string of the molecule is COc1cccc(OC)c1C(N)CSC(C)C. The second kappa shape index (κ2) is 6.77. The van der Waals surface area contributed by atoms with Crippen LogP contribution in [0.4, 0.5) is 0 Å². The van der Waals surface area contributed by atoms with Gasteiger partial charge in [0.15, 0.2) is 0 Å². The van der Waals surface area contributed by atoms with Crippen LogP contribution < -0.4 is 15.2 Å². The van der Waals surface area contributed by atoms with Crippen molar-refractivity contribution in [3.05, 3.63) is 23.8 Å². The number of hydrogen-bond acceptors (Lipinski definition) is 4. The molecule has 1 atom stereocenters. The number of benzene rings is 1. The fourth-order valence-corrected chi connectivity index (χ4v) is 2.38. The highest BCUT2D eigenvalue weighted by Gasteiger charge is 2.17. The summed E-state index contributed by atoms with van der Waals surface area (Å²) in [6.07, 6.45) is 0. The number of rotatable bonds is 6. The molecule has 1 aromatic rings. The van der Waals surface area contributed by atoms with Crippen molar-refractivity contribution in [2.75, 3.05) is 20.0 Å². The Hall–Kier alpha value is -0.870. The third-order valence-electron chi connectivity index (χ3n) is 2.45. The first kappa shape index (κ1) is 14.2. The average molecular weight is 255 g/mol. The Bertz CT molecular complexity index is 333. The predicted octanol–water partition coefficient (Wildman–Crippen LogP) is 2.85. The molecule has 0 radical (unpaired) electrons. The van der Waals surface area contributed by atoms with Gasteiger partial charge in [0.2, 0.25) is 0 Å². The first-order chi connectivity index (χ1) is 8.10. The van der Waals surface area contributed by atoms with Gasteiger partial charge in [-0.15, -0.1) is 0 Å². The predicted molar refractivity (Wildman–Crippen MR) is 74.1 cm³/mol. The van der Waals surface area contributed by atoms with Crippen molar-refractivity contribution >= 4 is 11.8 Å². The van der Waals surface area contributed by atoms with E-state index in [1.165, 1.54) is 0 Å². The lowest BCUT2D eigenvalue weighted by molar-refractivity contribution is 0.381. The van der Waals surface area contributed by atoms with Crippen LogP contribution in [0, 0.1) is 0 Å². The Kier molecular flexibility index (Phi) is 5.65. The lowest BCUT2D eigenvalue weighted by Crippen LogP contribution is -2.16. The summed E-state index contributed by atoms with van der Waals surface area (Å²) in [7, 11) is 3.31. The van der Waals surface area contributed by atoms with E-state index in [1.54, 1.807) is 14.2 Å². The highest BCUT2D eigenvalue weighted by atomic mass is 32.2. The van der Waals surface area contributed by atoms with Crippen LogP contribution in [0.1, 0.15) is 25.5 Å². The van der Waals surface area contributed by atoms with E-state index in [-0.39, 0.29) is 6.04 Å². The summed E-state index contributed by atoms with van der Waals surface area (Å²) in [5, 5.41) is 0.571. The molecule has 3 nitrogen and oxygen atoms in total. The lowest BCUT2D eigenvalue weighted by Gasteiger charge is -2.19. The Labute approximate surface area is 108 Å². The molecule has 2 N–H and O–H groups in total. The topological polar surface area (TPSA) is 44.5 Å². The molecule has 0 heterocycles. The van der Waals surface area contributed by atoms with E-state index in [4.69, 9.17) is 15.2 Å². The molecule has 1 unspecified atom stereocenters. The van der Waals surface area contributed by atoms with Crippen LogP contribution in [0.25, 0.3) is 0 Å². The van der Waals surface area contributed by atoms with E-state index < -0.39 is 0 Å². The molecule has 0 saturated heterocycles. The van der Waals surface area contributed by atoms with Gasteiger partial charge in [0.05, 0.1) is 19.8 Å². The van der Waals surface area contributed by atoms with Gasteiger partial charge in [0, 0.05) is 11.8 Å². The number of ether oxygens (including phenoxy) is 2. The molecule has 0 saturated carbocycles. The van der Waals surface area contributed by atoms with Crippen LogP contribution in [0.15, 0.2) is 18.2 Å². The maximum absolute atomic E-state index is 6.22. The van der Waals surface area contributed by atoms with Crippen LogP contribution in [-0.4, -0.2) is 25.2 Å². The van der Waals surface area contributed by atoms with Crippen molar-refractivity contribution in [3.63, 3.8) is 0 Å². The smallest absolute Gasteiger partial charge is 0.127 e. The number of thioether (sulfide) groups is 1. The average Bonchev–Trinajstić information content (AvgIpc) is 2.34. The van der Waals surface area contributed by atoms with E-state index in [0.29, 0.717) is 5.25 Å². The van der Waals surface area contributed by atoms with Crippen molar-refractivity contribution in [2.45, 2.75) is 25.1 Å². The van der Waals surface area contributed by atoms with Crippen molar-refractivity contribution in [3.8, 4) is 11.5 Å². The van der Waals surface area contributed by atoms with Gasteiger partial charge < -0.3 is 15.2 Å². The second-order valence-corrected chi connectivity index (χ2v) is 5.67. The number of methoxy groups -OCH3 is 2. The molecule has 96 valence electrons. The van der Waals surface area contributed by atoms with Crippen molar-refractivity contribution < 1.29 is 9.47 Å². The summed E-state index contributed by atoms with van der Waals surface area (Å²) in [6.45, 7) is 4.33. The van der Waals surface area contributed by atoms with Gasteiger partial charge in [-0.25, -0.2) is 0 Å². The third-order valence-corrected chi connectivity index (χ3v) is 3.66. The molecule has 0 aromatic heterocycles. The molecule has 0 fully saturated rings. The van der Waals surface area contributed by atoms with E-state index in [9.17, 15) is 0 Å². The van der Waals surface area contributed by atoms with Crippen LogP contribution in [0.2, 0.25) is 0 Å². The van der Waals surface area contributed by atoms with Gasteiger partial charge in [0.1, 0.15) is 11.5 Å². The third kappa shape index (κ3) is 3.82. The van der Waals surface area contributed by atoms with E-state index in [0.717, 1.165) is 22.8 Å². The van der Waals surface area contributed by atoms with Crippen molar-refractivity contribution in [2.24, 2.45) is 5.73 Å².